The molecule has 0 aromatic rings. The zero-order chi connectivity index (χ0) is 7.49. The smallest absolute Gasteiger partial charge is 0.253 e. The second kappa shape index (κ2) is 2.82. The topological polar surface area (TPSA) is 75.0 Å². The molecular weight excluding hydrogens is 142 g/mol. The van der Waals surface area contributed by atoms with Gasteiger partial charge in [-0.3, -0.25) is 10.5 Å². The normalized spacial score (nSPS) is 11.2. The fraction of sp³-hybridized carbons (Fsp3) is 0.750. The van der Waals surface area contributed by atoms with Gasteiger partial charge in [-0.25, -0.2) is 8.42 Å². The van der Waals surface area contributed by atoms with Crippen LogP contribution in [-0.2, 0) is 14.6 Å². The van der Waals surface area contributed by atoms with E-state index in [4.69, 9.17) is 5.73 Å². The fourth-order valence-electron chi connectivity index (χ4n) is 0.302. The van der Waals surface area contributed by atoms with E-state index in [1.807, 2.05) is 0 Å². The molecule has 0 aliphatic carbocycles. The summed E-state index contributed by atoms with van der Waals surface area (Å²) in [5, 5.41) is 0. The van der Waals surface area contributed by atoms with Crippen molar-refractivity contribution in [2.24, 2.45) is 0 Å². The second-order valence-corrected chi connectivity index (χ2v) is 3.95. The summed E-state index contributed by atoms with van der Waals surface area (Å²) >= 11 is 0. The Morgan fingerprint density at radius 3 is 2.11 bits per heavy atom. The second-order valence-electron chi connectivity index (χ2n) is 1.60. The largest absolute Gasteiger partial charge is 0.272 e. The van der Waals surface area contributed by atoms with Crippen molar-refractivity contribution in [3.63, 3.8) is 0 Å². The first-order valence-corrected chi connectivity index (χ1v) is 4.25. The predicted octanol–water partition coefficient (Wildman–Crippen LogP) is -0.769. The Hall–Kier alpha value is -0.580. The molecule has 0 heterocycles. The van der Waals surface area contributed by atoms with Gasteiger partial charge in [0.2, 0.25) is 0 Å². The van der Waals surface area contributed by atoms with E-state index in [-0.39, 0.29) is 5.75 Å². The van der Waals surface area contributed by atoms with Crippen molar-refractivity contribution in [3.8, 4) is 0 Å². The van der Waals surface area contributed by atoms with Crippen LogP contribution >= 0.6 is 0 Å². The van der Waals surface area contributed by atoms with Crippen molar-refractivity contribution in [1.29, 1.82) is 0 Å². The number of amides is 1. The van der Waals surface area contributed by atoms with E-state index in [1.54, 1.807) is 0 Å². The molecule has 0 rings (SSSR count). The number of nitrogens with one attached hydrogen (secondary N) is 1. The summed E-state index contributed by atoms with van der Waals surface area (Å²) in [4.78, 5) is 9.91. The Morgan fingerprint density at radius 1 is 1.56 bits per heavy atom. The van der Waals surface area contributed by atoms with E-state index in [0.717, 1.165) is 0 Å². The molecule has 0 bridgehead atoms. The fourth-order valence-corrected chi connectivity index (χ4v) is 0.905. The van der Waals surface area contributed by atoms with Gasteiger partial charge in [-0.1, -0.05) is 6.92 Å². The molecule has 1 amide bonds. The van der Waals surface area contributed by atoms with E-state index in [0.29, 0.717) is 0 Å². The summed E-state index contributed by atoms with van der Waals surface area (Å²) in [5.41, 5.74) is 6.32. The van der Waals surface area contributed by atoms with Crippen molar-refractivity contribution < 1.29 is 13.2 Å². The van der Waals surface area contributed by atoms with Crippen LogP contribution in [0, 0.1) is 0 Å². The number of hydrogen-bond donors (Lipinski definition) is 0. The first-order chi connectivity index (χ1) is 3.98. The molecular formula is C4H8NO3S. The quantitative estimate of drug-likeness (QED) is 0.530. The molecule has 0 aliphatic heterocycles. The van der Waals surface area contributed by atoms with Crippen LogP contribution in [0.5, 0.6) is 0 Å². The molecule has 0 saturated carbocycles. The lowest BCUT2D eigenvalue weighted by molar-refractivity contribution is -0.116. The number of sulfone groups is 1. The Bertz CT molecular complexity index is 194. The van der Waals surface area contributed by atoms with E-state index in [9.17, 15) is 13.2 Å². The maximum Gasteiger partial charge on any atom is 0.253 e. The average Bonchev–Trinajstić information content (AvgIpc) is 1.63. The summed E-state index contributed by atoms with van der Waals surface area (Å²) in [6.07, 6.45) is 0. The van der Waals surface area contributed by atoms with E-state index < -0.39 is 21.5 Å². The molecule has 0 atom stereocenters. The minimum absolute atomic E-state index is 0.0718. The summed E-state index contributed by atoms with van der Waals surface area (Å²) in [7, 11) is -3.26. The third kappa shape index (κ3) is 3.96. The maximum atomic E-state index is 10.5. The molecule has 0 saturated heterocycles. The lowest BCUT2D eigenvalue weighted by Crippen LogP contribution is -2.17. The number of rotatable bonds is 3. The molecule has 0 aromatic carbocycles. The van der Waals surface area contributed by atoms with Gasteiger partial charge in [-0.15, -0.1) is 0 Å². The molecule has 0 fully saturated rings. The van der Waals surface area contributed by atoms with E-state index in [2.05, 4.69) is 0 Å². The van der Waals surface area contributed by atoms with E-state index >= 15 is 0 Å². The first-order valence-electron chi connectivity index (χ1n) is 2.43. The minimum Gasteiger partial charge on any atom is -0.272 e. The Morgan fingerprint density at radius 2 is 2.00 bits per heavy atom. The van der Waals surface area contributed by atoms with Crippen LogP contribution in [0.2, 0.25) is 0 Å². The summed E-state index contributed by atoms with van der Waals surface area (Å²) < 4.78 is 20.9. The molecule has 0 aliphatic rings. The van der Waals surface area contributed by atoms with Crippen LogP contribution in [0.4, 0.5) is 0 Å². The van der Waals surface area contributed by atoms with Gasteiger partial charge < -0.3 is 0 Å². The molecule has 9 heavy (non-hydrogen) atoms. The first kappa shape index (κ1) is 8.42. The molecule has 1 N–H and O–H groups in total. The average molecular weight is 150 g/mol. The number of carbonyl (C=O) groups is 1. The lowest BCUT2D eigenvalue weighted by Gasteiger charge is -1.92. The zero-order valence-electron chi connectivity index (χ0n) is 5.05. The van der Waals surface area contributed by atoms with Gasteiger partial charge in [0.1, 0.15) is 5.75 Å². The highest BCUT2D eigenvalue weighted by Crippen LogP contribution is 1.86. The van der Waals surface area contributed by atoms with Crippen LogP contribution in [0.1, 0.15) is 6.92 Å². The van der Waals surface area contributed by atoms with Crippen LogP contribution in [-0.4, -0.2) is 25.8 Å². The zero-order valence-corrected chi connectivity index (χ0v) is 5.86. The van der Waals surface area contributed by atoms with Gasteiger partial charge in [-0.05, 0) is 0 Å². The summed E-state index contributed by atoms with van der Waals surface area (Å²) in [5.74, 6) is -1.77. The van der Waals surface area contributed by atoms with Gasteiger partial charge in [0.15, 0.2) is 9.84 Å². The SMILES string of the molecule is CCS(=O)(=O)CC([NH])=O. The number of hydrogen-bond acceptors (Lipinski definition) is 3. The van der Waals surface area contributed by atoms with Crippen molar-refractivity contribution in [2.75, 3.05) is 11.5 Å². The van der Waals surface area contributed by atoms with E-state index in [1.165, 1.54) is 6.92 Å². The Labute approximate surface area is 54.0 Å². The molecule has 1 radical (unpaired) electrons. The van der Waals surface area contributed by atoms with Gasteiger partial charge >= 0.3 is 0 Å². The summed E-state index contributed by atoms with van der Waals surface area (Å²) in [6.45, 7) is 1.44. The monoisotopic (exact) mass is 150 g/mol. The third-order valence-electron chi connectivity index (χ3n) is 0.791. The number of carbonyl (C=O) groups excluding carboxylic acids is 1. The van der Waals surface area contributed by atoms with Crippen LogP contribution in [0.15, 0.2) is 0 Å². The van der Waals surface area contributed by atoms with Crippen molar-refractivity contribution >= 4 is 15.7 Å². The van der Waals surface area contributed by atoms with Gasteiger partial charge in [0, 0.05) is 5.75 Å². The Balaban J connectivity index is 4.06. The van der Waals surface area contributed by atoms with Gasteiger partial charge in [-0.2, -0.15) is 0 Å². The minimum atomic E-state index is -3.26. The van der Waals surface area contributed by atoms with Gasteiger partial charge in [0.05, 0.1) is 0 Å². The molecule has 0 aromatic heterocycles. The highest BCUT2D eigenvalue weighted by Gasteiger charge is 2.10. The highest BCUT2D eigenvalue weighted by atomic mass is 32.2. The molecule has 0 spiro atoms. The van der Waals surface area contributed by atoms with Crippen LogP contribution in [0.3, 0.4) is 0 Å². The molecule has 0 unspecified atom stereocenters. The van der Waals surface area contributed by atoms with Gasteiger partial charge in [0.25, 0.3) is 5.91 Å². The van der Waals surface area contributed by atoms with Crippen molar-refractivity contribution in [2.45, 2.75) is 6.92 Å². The molecule has 5 heteroatoms. The highest BCUT2D eigenvalue weighted by molar-refractivity contribution is 7.92. The summed E-state index contributed by atoms with van der Waals surface area (Å²) in [6, 6.07) is 0. The van der Waals surface area contributed by atoms with Crippen molar-refractivity contribution in [1.82, 2.24) is 5.73 Å². The lowest BCUT2D eigenvalue weighted by atomic mass is 10.8. The predicted molar refractivity (Wildman–Crippen MR) is 32.4 cm³/mol. The molecule has 53 valence electrons. The molecule has 4 nitrogen and oxygen atoms in total. The standard InChI is InChI=1S/C4H8NO3S/c1-2-9(7,8)3-4(5)6/h5H,2-3H2,1H3. The maximum absolute atomic E-state index is 10.5. The Kier molecular flexibility index (Phi) is 2.64. The van der Waals surface area contributed by atoms with Crippen LogP contribution < -0.4 is 5.73 Å². The third-order valence-corrected chi connectivity index (χ3v) is 2.37. The van der Waals surface area contributed by atoms with Crippen LogP contribution in [0.25, 0.3) is 0 Å². The van der Waals surface area contributed by atoms with Crippen molar-refractivity contribution in [3.05, 3.63) is 0 Å².